The van der Waals surface area contributed by atoms with Crippen molar-refractivity contribution in [3.63, 3.8) is 0 Å². The lowest BCUT2D eigenvalue weighted by Gasteiger charge is -2.36. The predicted molar refractivity (Wildman–Crippen MR) is 153 cm³/mol. The van der Waals surface area contributed by atoms with Gasteiger partial charge in [0.15, 0.2) is 5.11 Å². The molecule has 0 atom stereocenters. The molecule has 1 saturated heterocycles. The third-order valence-electron chi connectivity index (χ3n) is 5.61. The predicted octanol–water partition coefficient (Wildman–Crippen LogP) is 6.05. The number of rotatable bonds is 5. The lowest BCUT2D eigenvalue weighted by Crippen LogP contribution is -2.46. The molecule has 5 nitrogen and oxygen atoms in total. The van der Waals surface area contributed by atoms with Gasteiger partial charge in [-0.3, -0.25) is 15.0 Å². The molecule has 1 aliphatic rings. The molecule has 3 aromatic carbocycles. The number of thiocarbonyl (C=S) groups is 1. The highest BCUT2D eigenvalue weighted by Gasteiger charge is 2.18. The van der Waals surface area contributed by atoms with Gasteiger partial charge in [-0.25, -0.2) is 0 Å². The Morgan fingerprint density at radius 2 is 1.65 bits per heavy atom. The molecule has 176 valence electrons. The molecule has 0 bridgehead atoms. The van der Waals surface area contributed by atoms with E-state index in [1.54, 1.807) is 12.1 Å². The Morgan fingerprint density at radius 3 is 2.35 bits per heavy atom. The molecule has 1 amide bonds. The number of amides is 1. The van der Waals surface area contributed by atoms with Crippen LogP contribution in [-0.2, 0) is 6.54 Å². The second kappa shape index (κ2) is 11.7. The van der Waals surface area contributed by atoms with Gasteiger partial charge in [-0.1, -0.05) is 41.4 Å². The average Bonchev–Trinajstić information content (AvgIpc) is 2.83. The summed E-state index contributed by atoms with van der Waals surface area (Å²) in [5, 5.41) is 7.18. The van der Waals surface area contributed by atoms with Crippen molar-refractivity contribution < 1.29 is 4.79 Å². The van der Waals surface area contributed by atoms with Crippen molar-refractivity contribution in [3.05, 3.63) is 91.5 Å². The van der Waals surface area contributed by atoms with Crippen molar-refractivity contribution in [2.45, 2.75) is 6.54 Å². The molecular formula is C25H23Cl2IN4OS. The summed E-state index contributed by atoms with van der Waals surface area (Å²) in [6.45, 7) is 4.71. The van der Waals surface area contributed by atoms with Crippen molar-refractivity contribution in [1.29, 1.82) is 0 Å². The summed E-state index contributed by atoms with van der Waals surface area (Å²) in [5.41, 5.74) is 3.52. The Hall–Kier alpha value is -1.91. The van der Waals surface area contributed by atoms with Crippen molar-refractivity contribution in [3.8, 4) is 0 Å². The highest BCUT2D eigenvalue weighted by Crippen LogP contribution is 2.22. The van der Waals surface area contributed by atoms with Crippen LogP contribution >= 0.6 is 58.0 Å². The van der Waals surface area contributed by atoms with Gasteiger partial charge in [0.25, 0.3) is 5.91 Å². The first-order chi connectivity index (χ1) is 16.4. The Balaban J connectivity index is 1.28. The second-order valence-electron chi connectivity index (χ2n) is 7.93. The molecule has 0 saturated carbocycles. The minimum Gasteiger partial charge on any atom is -0.369 e. The third kappa shape index (κ3) is 6.60. The van der Waals surface area contributed by atoms with Crippen LogP contribution in [0.15, 0.2) is 66.7 Å². The van der Waals surface area contributed by atoms with Crippen LogP contribution < -0.4 is 15.5 Å². The summed E-state index contributed by atoms with van der Waals surface area (Å²) in [4.78, 5) is 17.3. The second-order valence-corrected chi connectivity index (χ2v) is 10.4. The summed E-state index contributed by atoms with van der Waals surface area (Å²) in [7, 11) is 0. The van der Waals surface area contributed by atoms with Gasteiger partial charge < -0.3 is 10.2 Å². The van der Waals surface area contributed by atoms with Crippen LogP contribution in [0.2, 0.25) is 10.0 Å². The van der Waals surface area contributed by atoms with E-state index in [0.717, 1.165) is 52.7 Å². The van der Waals surface area contributed by atoms with Gasteiger partial charge in [0.1, 0.15) is 0 Å². The van der Waals surface area contributed by atoms with E-state index >= 15 is 0 Å². The van der Waals surface area contributed by atoms with Crippen LogP contribution in [0, 0.1) is 3.57 Å². The molecule has 0 unspecified atom stereocenters. The fourth-order valence-electron chi connectivity index (χ4n) is 3.79. The zero-order valence-electron chi connectivity index (χ0n) is 18.2. The first kappa shape index (κ1) is 25.2. The number of nitrogens with one attached hydrogen (secondary N) is 2. The number of hydrogen-bond acceptors (Lipinski definition) is 4. The molecule has 3 aromatic rings. The van der Waals surface area contributed by atoms with Crippen LogP contribution in [0.3, 0.4) is 0 Å². The van der Waals surface area contributed by atoms with Crippen LogP contribution in [-0.4, -0.2) is 42.1 Å². The summed E-state index contributed by atoms with van der Waals surface area (Å²) >= 11 is 19.9. The van der Waals surface area contributed by atoms with E-state index in [4.69, 9.17) is 35.4 Å². The van der Waals surface area contributed by atoms with Gasteiger partial charge in [-0.15, -0.1) is 0 Å². The molecule has 4 rings (SSSR count). The average molecular weight is 625 g/mol. The van der Waals surface area contributed by atoms with Crippen LogP contribution in [0.25, 0.3) is 0 Å². The van der Waals surface area contributed by atoms with Gasteiger partial charge in [0, 0.05) is 52.7 Å². The monoisotopic (exact) mass is 624 g/mol. The van der Waals surface area contributed by atoms with E-state index in [0.29, 0.717) is 10.6 Å². The molecule has 1 aliphatic heterocycles. The van der Waals surface area contributed by atoms with Crippen molar-refractivity contribution >= 4 is 80.4 Å². The standard InChI is InChI=1S/C25H23Cl2IN4OS/c26-22-4-2-1-3-17(22)16-31-11-13-32(14-12-31)20-8-6-19(7-9-20)29-25(34)30-24(33)21-15-18(28)5-10-23(21)27/h1-10,15H,11-14,16H2,(H2,29,30,33,34). The fourth-order valence-corrected chi connectivity index (χ4v) is 4.89. The SMILES string of the molecule is O=C(NC(=S)Nc1ccc(N2CCN(Cc3ccccc3Cl)CC2)cc1)c1cc(I)ccc1Cl. The maximum Gasteiger partial charge on any atom is 0.258 e. The molecule has 0 radical (unpaired) electrons. The number of carbonyl (C=O) groups excluding carboxylic acids is 1. The van der Waals surface area contributed by atoms with Gasteiger partial charge in [0.2, 0.25) is 0 Å². The Labute approximate surface area is 228 Å². The molecule has 0 aromatic heterocycles. The van der Waals surface area contributed by atoms with Gasteiger partial charge in [0.05, 0.1) is 10.6 Å². The summed E-state index contributed by atoms with van der Waals surface area (Å²) in [6, 6.07) is 21.3. The lowest BCUT2D eigenvalue weighted by molar-refractivity contribution is 0.0978. The smallest absolute Gasteiger partial charge is 0.258 e. The Kier molecular flexibility index (Phi) is 8.65. The maximum atomic E-state index is 12.5. The van der Waals surface area contributed by atoms with Gasteiger partial charge in [-0.05, 0) is 88.9 Å². The molecular weight excluding hydrogens is 602 g/mol. The molecule has 34 heavy (non-hydrogen) atoms. The molecule has 1 heterocycles. The van der Waals surface area contributed by atoms with E-state index in [1.807, 2.05) is 36.4 Å². The van der Waals surface area contributed by atoms with E-state index in [1.165, 1.54) is 5.56 Å². The number of halogens is 3. The Morgan fingerprint density at radius 1 is 0.941 bits per heavy atom. The van der Waals surface area contributed by atoms with Crippen molar-refractivity contribution in [1.82, 2.24) is 10.2 Å². The first-order valence-electron chi connectivity index (χ1n) is 10.8. The fraction of sp³-hybridized carbons (Fsp3) is 0.200. The summed E-state index contributed by atoms with van der Waals surface area (Å²) in [6.07, 6.45) is 0. The first-order valence-corrected chi connectivity index (χ1v) is 13.0. The van der Waals surface area contributed by atoms with Crippen molar-refractivity contribution in [2.24, 2.45) is 0 Å². The molecule has 9 heteroatoms. The van der Waals surface area contributed by atoms with Crippen LogP contribution in [0.5, 0.6) is 0 Å². The molecule has 1 fully saturated rings. The highest BCUT2D eigenvalue weighted by molar-refractivity contribution is 14.1. The molecule has 0 aliphatic carbocycles. The van der Waals surface area contributed by atoms with E-state index in [2.05, 4.69) is 61.2 Å². The largest absolute Gasteiger partial charge is 0.369 e. The van der Waals surface area contributed by atoms with Crippen LogP contribution in [0.1, 0.15) is 15.9 Å². The third-order valence-corrected chi connectivity index (χ3v) is 7.19. The highest BCUT2D eigenvalue weighted by atomic mass is 127. The lowest BCUT2D eigenvalue weighted by atomic mass is 10.2. The topological polar surface area (TPSA) is 47.6 Å². The van der Waals surface area contributed by atoms with Gasteiger partial charge in [-0.2, -0.15) is 0 Å². The van der Waals surface area contributed by atoms with Crippen LogP contribution in [0.4, 0.5) is 11.4 Å². The number of piperazine rings is 1. The number of hydrogen-bond donors (Lipinski definition) is 2. The number of carbonyl (C=O) groups is 1. The quantitative estimate of drug-likeness (QED) is 0.268. The zero-order valence-corrected chi connectivity index (χ0v) is 22.7. The Bertz CT molecular complexity index is 1180. The number of anilines is 2. The summed E-state index contributed by atoms with van der Waals surface area (Å²) in [5.74, 6) is -0.340. The number of nitrogens with zero attached hydrogens (tertiary/aromatic N) is 2. The minimum absolute atomic E-state index is 0.223. The number of benzene rings is 3. The van der Waals surface area contributed by atoms with E-state index in [-0.39, 0.29) is 11.0 Å². The van der Waals surface area contributed by atoms with Crippen molar-refractivity contribution in [2.75, 3.05) is 36.4 Å². The summed E-state index contributed by atoms with van der Waals surface area (Å²) < 4.78 is 0.923. The molecule has 2 N–H and O–H groups in total. The van der Waals surface area contributed by atoms with E-state index in [9.17, 15) is 4.79 Å². The minimum atomic E-state index is -0.340. The zero-order chi connectivity index (χ0) is 24.1. The van der Waals surface area contributed by atoms with E-state index < -0.39 is 0 Å². The van der Waals surface area contributed by atoms with Gasteiger partial charge >= 0.3 is 0 Å². The molecule has 0 spiro atoms. The normalized spacial score (nSPS) is 14.0. The maximum absolute atomic E-state index is 12.5.